The Morgan fingerprint density at radius 1 is 1.46 bits per heavy atom. The highest BCUT2D eigenvalue weighted by atomic mass is 79.9. The molecule has 0 amide bonds. The van der Waals surface area contributed by atoms with E-state index in [1.54, 1.807) is 7.11 Å². The zero-order valence-electron chi connectivity index (χ0n) is 7.73. The average molecular weight is 239 g/mol. The lowest BCUT2D eigenvalue weighted by Gasteiger charge is -2.03. The molecule has 1 nitrogen and oxygen atoms in total. The summed E-state index contributed by atoms with van der Waals surface area (Å²) in [5.41, 5.74) is 2.14. The van der Waals surface area contributed by atoms with Crippen LogP contribution < -0.4 is 4.74 Å². The van der Waals surface area contributed by atoms with Gasteiger partial charge in [0, 0.05) is 5.56 Å². The Kier molecular flexibility index (Phi) is 3.85. The highest BCUT2D eigenvalue weighted by Crippen LogP contribution is 2.17. The first-order valence-electron chi connectivity index (χ1n) is 3.97. The van der Waals surface area contributed by atoms with Crippen LogP contribution in [0.25, 0.3) is 0 Å². The Bertz CT molecular complexity index is 347. The minimum Gasteiger partial charge on any atom is -0.496 e. The quantitative estimate of drug-likeness (QED) is 0.540. The predicted octanol–water partition coefficient (Wildman–Crippen LogP) is 2.75. The van der Waals surface area contributed by atoms with Gasteiger partial charge in [0.2, 0.25) is 0 Å². The molecule has 0 aliphatic heterocycles. The third kappa shape index (κ3) is 2.78. The van der Waals surface area contributed by atoms with E-state index in [9.17, 15) is 0 Å². The molecule has 0 saturated carbocycles. The highest BCUT2D eigenvalue weighted by molar-refractivity contribution is 9.09. The molecule has 1 aromatic rings. The fourth-order valence-corrected chi connectivity index (χ4v) is 1.23. The molecule has 0 aliphatic carbocycles. The lowest BCUT2D eigenvalue weighted by molar-refractivity contribution is 0.411. The first-order valence-corrected chi connectivity index (χ1v) is 5.09. The molecule has 2 heteroatoms. The third-order valence-electron chi connectivity index (χ3n) is 1.69. The van der Waals surface area contributed by atoms with Crippen LogP contribution in [0.2, 0.25) is 0 Å². The van der Waals surface area contributed by atoms with Crippen molar-refractivity contribution in [2.24, 2.45) is 0 Å². The molecule has 0 bridgehead atoms. The predicted molar refractivity (Wildman–Crippen MR) is 58.4 cm³/mol. The van der Waals surface area contributed by atoms with E-state index in [4.69, 9.17) is 4.74 Å². The maximum Gasteiger partial charge on any atom is 0.121 e. The number of rotatable bonds is 1. The summed E-state index contributed by atoms with van der Waals surface area (Å²) in [6, 6.07) is 5.92. The van der Waals surface area contributed by atoms with Gasteiger partial charge in [-0.25, -0.2) is 0 Å². The van der Waals surface area contributed by atoms with Crippen molar-refractivity contribution in [2.45, 2.75) is 6.92 Å². The van der Waals surface area contributed by atoms with E-state index in [2.05, 4.69) is 27.8 Å². The Balaban J connectivity index is 2.96. The van der Waals surface area contributed by atoms with Crippen LogP contribution in [0.4, 0.5) is 0 Å². The summed E-state index contributed by atoms with van der Waals surface area (Å²) < 4.78 is 5.15. The minimum absolute atomic E-state index is 0.706. The SMILES string of the molecule is COc1ccc(C#CCBr)cc1C. The molecule has 0 radical (unpaired) electrons. The van der Waals surface area contributed by atoms with Crippen molar-refractivity contribution >= 4 is 15.9 Å². The summed E-state index contributed by atoms with van der Waals surface area (Å²) in [7, 11) is 1.67. The summed E-state index contributed by atoms with van der Waals surface area (Å²) in [5.74, 6) is 6.90. The van der Waals surface area contributed by atoms with Gasteiger partial charge in [0.1, 0.15) is 5.75 Å². The number of alkyl halides is 1. The second-order valence-corrected chi connectivity index (χ2v) is 3.18. The van der Waals surface area contributed by atoms with Crippen LogP contribution in [0.15, 0.2) is 18.2 Å². The van der Waals surface area contributed by atoms with Crippen LogP contribution in [0.1, 0.15) is 11.1 Å². The first-order chi connectivity index (χ1) is 6.27. The molecule has 0 aromatic heterocycles. The van der Waals surface area contributed by atoms with Gasteiger partial charge in [-0.05, 0) is 30.7 Å². The van der Waals surface area contributed by atoms with Crippen LogP contribution in [-0.2, 0) is 0 Å². The van der Waals surface area contributed by atoms with Gasteiger partial charge < -0.3 is 4.74 Å². The van der Waals surface area contributed by atoms with Crippen LogP contribution in [0.3, 0.4) is 0 Å². The zero-order valence-corrected chi connectivity index (χ0v) is 9.31. The molecule has 0 heterocycles. The van der Waals surface area contributed by atoms with E-state index in [-0.39, 0.29) is 0 Å². The van der Waals surface area contributed by atoms with Crippen LogP contribution in [0, 0.1) is 18.8 Å². The smallest absolute Gasteiger partial charge is 0.121 e. The largest absolute Gasteiger partial charge is 0.496 e. The van der Waals surface area contributed by atoms with Gasteiger partial charge in [0.25, 0.3) is 0 Å². The number of benzene rings is 1. The second kappa shape index (κ2) is 4.94. The number of halogens is 1. The van der Waals surface area contributed by atoms with E-state index in [1.807, 2.05) is 25.1 Å². The summed E-state index contributed by atoms with van der Waals surface area (Å²) in [6.07, 6.45) is 0. The summed E-state index contributed by atoms with van der Waals surface area (Å²) >= 11 is 3.26. The Hall–Kier alpha value is -0.940. The second-order valence-electron chi connectivity index (χ2n) is 2.62. The van der Waals surface area contributed by atoms with E-state index < -0.39 is 0 Å². The normalized spacial score (nSPS) is 8.85. The van der Waals surface area contributed by atoms with E-state index in [0.29, 0.717) is 5.33 Å². The van der Waals surface area contributed by atoms with Crippen molar-refractivity contribution in [1.82, 2.24) is 0 Å². The molecule has 1 rings (SSSR count). The minimum atomic E-state index is 0.706. The number of hydrogen-bond donors (Lipinski definition) is 0. The molecule has 13 heavy (non-hydrogen) atoms. The molecule has 0 fully saturated rings. The molecule has 0 spiro atoms. The topological polar surface area (TPSA) is 9.23 Å². The molecule has 1 aromatic carbocycles. The number of ether oxygens (including phenoxy) is 1. The molecular weight excluding hydrogens is 228 g/mol. The van der Waals surface area contributed by atoms with Crippen molar-refractivity contribution in [1.29, 1.82) is 0 Å². The maximum atomic E-state index is 5.15. The van der Waals surface area contributed by atoms with E-state index in [0.717, 1.165) is 16.9 Å². The summed E-state index contributed by atoms with van der Waals surface area (Å²) in [5, 5.41) is 0.706. The maximum absolute atomic E-state index is 5.15. The number of hydrogen-bond acceptors (Lipinski definition) is 1. The Morgan fingerprint density at radius 2 is 2.23 bits per heavy atom. The zero-order chi connectivity index (χ0) is 9.68. The lowest BCUT2D eigenvalue weighted by Crippen LogP contribution is -1.87. The number of methoxy groups -OCH3 is 1. The molecule has 0 aliphatic rings. The molecule has 68 valence electrons. The standard InChI is InChI=1S/C11H11BrO/c1-9-8-10(4-3-7-12)5-6-11(9)13-2/h5-6,8H,7H2,1-2H3. The van der Waals surface area contributed by atoms with Gasteiger partial charge in [0.05, 0.1) is 12.4 Å². The lowest BCUT2D eigenvalue weighted by atomic mass is 10.1. The number of aryl methyl sites for hydroxylation is 1. The summed E-state index contributed by atoms with van der Waals surface area (Å²) in [6.45, 7) is 2.01. The Labute approximate surface area is 87.2 Å². The average Bonchev–Trinajstić information content (AvgIpc) is 2.15. The van der Waals surface area contributed by atoms with Gasteiger partial charge in [-0.2, -0.15) is 0 Å². The molecule has 0 atom stereocenters. The van der Waals surface area contributed by atoms with E-state index in [1.165, 1.54) is 0 Å². The van der Waals surface area contributed by atoms with Gasteiger partial charge in [-0.15, -0.1) is 0 Å². The molecule has 0 N–H and O–H groups in total. The van der Waals surface area contributed by atoms with Crippen molar-refractivity contribution in [3.05, 3.63) is 29.3 Å². The molecule has 0 saturated heterocycles. The fraction of sp³-hybridized carbons (Fsp3) is 0.273. The summed E-state index contributed by atoms with van der Waals surface area (Å²) in [4.78, 5) is 0. The highest BCUT2D eigenvalue weighted by Gasteiger charge is 1.96. The van der Waals surface area contributed by atoms with Gasteiger partial charge >= 0.3 is 0 Å². The van der Waals surface area contributed by atoms with Gasteiger partial charge in [0.15, 0.2) is 0 Å². The van der Waals surface area contributed by atoms with Gasteiger partial charge in [-0.3, -0.25) is 0 Å². The molecular formula is C11H11BrO. The van der Waals surface area contributed by atoms with E-state index >= 15 is 0 Å². The van der Waals surface area contributed by atoms with Crippen LogP contribution >= 0.6 is 15.9 Å². The van der Waals surface area contributed by atoms with Crippen molar-refractivity contribution in [3.63, 3.8) is 0 Å². The van der Waals surface area contributed by atoms with Crippen molar-refractivity contribution in [2.75, 3.05) is 12.4 Å². The van der Waals surface area contributed by atoms with Crippen LogP contribution in [-0.4, -0.2) is 12.4 Å². The fourth-order valence-electron chi connectivity index (χ4n) is 1.09. The third-order valence-corrected chi connectivity index (χ3v) is 1.97. The van der Waals surface area contributed by atoms with Crippen molar-refractivity contribution < 1.29 is 4.74 Å². The first kappa shape index (κ1) is 10.1. The van der Waals surface area contributed by atoms with Crippen LogP contribution in [0.5, 0.6) is 5.75 Å². The van der Waals surface area contributed by atoms with Crippen molar-refractivity contribution in [3.8, 4) is 17.6 Å². The van der Waals surface area contributed by atoms with Gasteiger partial charge in [-0.1, -0.05) is 27.8 Å². The molecule has 0 unspecified atom stereocenters. The monoisotopic (exact) mass is 238 g/mol. The Morgan fingerprint density at radius 3 is 2.77 bits per heavy atom.